The smallest absolute Gasteiger partial charge is 0.290 e. The number of hydrogen-bond acceptors (Lipinski definition) is 3. The first kappa shape index (κ1) is 7.71. The van der Waals surface area contributed by atoms with Gasteiger partial charge in [-0.2, -0.15) is 0 Å². The SMILES string of the molecule is CCNC(=O)c1ncn(C)n1. The van der Waals surface area contributed by atoms with E-state index in [2.05, 4.69) is 15.4 Å². The first-order valence-corrected chi connectivity index (χ1v) is 3.38. The molecule has 0 aliphatic heterocycles. The van der Waals surface area contributed by atoms with Crippen LogP contribution in [-0.2, 0) is 7.05 Å². The number of carbonyl (C=O) groups excluding carboxylic acids is 1. The lowest BCUT2D eigenvalue weighted by molar-refractivity contribution is 0.0945. The molecule has 5 nitrogen and oxygen atoms in total. The van der Waals surface area contributed by atoms with Crippen LogP contribution in [0.1, 0.15) is 17.5 Å². The number of aryl methyl sites for hydroxylation is 1. The van der Waals surface area contributed by atoms with Gasteiger partial charge in [-0.05, 0) is 6.92 Å². The molecular formula is C6H10N4O. The molecule has 1 amide bonds. The monoisotopic (exact) mass is 154 g/mol. The Kier molecular flexibility index (Phi) is 2.20. The normalized spacial score (nSPS) is 9.64. The zero-order chi connectivity index (χ0) is 8.27. The Hall–Kier alpha value is -1.39. The maximum Gasteiger partial charge on any atom is 0.290 e. The summed E-state index contributed by atoms with van der Waals surface area (Å²) in [5, 5.41) is 6.42. The molecule has 11 heavy (non-hydrogen) atoms. The number of carbonyl (C=O) groups is 1. The van der Waals surface area contributed by atoms with Crippen LogP contribution in [0.2, 0.25) is 0 Å². The van der Waals surface area contributed by atoms with Gasteiger partial charge in [-0.3, -0.25) is 9.48 Å². The Labute approximate surface area is 64.4 Å². The van der Waals surface area contributed by atoms with Gasteiger partial charge in [-0.15, -0.1) is 5.10 Å². The molecule has 1 N–H and O–H groups in total. The average Bonchev–Trinajstić information content (AvgIpc) is 2.36. The standard InChI is InChI=1S/C6H10N4O/c1-3-7-6(11)5-8-4-10(2)9-5/h4H,3H2,1-2H3,(H,7,11). The van der Waals surface area contributed by atoms with E-state index in [1.54, 1.807) is 7.05 Å². The number of nitrogens with one attached hydrogen (secondary N) is 1. The van der Waals surface area contributed by atoms with Crippen molar-refractivity contribution in [2.24, 2.45) is 7.05 Å². The molecule has 0 fully saturated rings. The van der Waals surface area contributed by atoms with Crippen LogP contribution in [0.25, 0.3) is 0 Å². The fourth-order valence-electron chi connectivity index (χ4n) is 0.683. The van der Waals surface area contributed by atoms with Gasteiger partial charge in [-0.1, -0.05) is 0 Å². The van der Waals surface area contributed by atoms with Crippen LogP contribution in [0, 0.1) is 0 Å². The van der Waals surface area contributed by atoms with Crippen LogP contribution in [0.15, 0.2) is 6.33 Å². The molecule has 5 heteroatoms. The number of amides is 1. The zero-order valence-corrected chi connectivity index (χ0v) is 6.53. The average molecular weight is 154 g/mol. The predicted octanol–water partition coefficient (Wildman–Crippen LogP) is -0.435. The minimum Gasteiger partial charge on any atom is -0.350 e. The van der Waals surface area contributed by atoms with Gasteiger partial charge in [0.2, 0.25) is 5.82 Å². The molecule has 1 aromatic heterocycles. The summed E-state index contributed by atoms with van der Waals surface area (Å²) < 4.78 is 1.49. The van der Waals surface area contributed by atoms with E-state index in [1.165, 1.54) is 11.0 Å². The first-order chi connectivity index (χ1) is 5.24. The van der Waals surface area contributed by atoms with E-state index in [9.17, 15) is 4.79 Å². The summed E-state index contributed by atoms with van der Waals surface area (Å²) >= 11 is 0. The molecule has 0 spiro atoms. The third-order valence-corrected chi connectivity index (χ3v) is 1.14. The van der Waals surface area contributed by atoms with Gasteiger partial charge in [0, 0.05) is 13.6 Å². The van der Waals surface area contributed by atoms with E-state index in [-0.39, 0.29) is 11.7 Å². The Balaban J connectivity index is 2.69. The van der Waals surface area contributed by atoms with Crippen LogP contribution in [0.3, 0.4) is 0 Å². The van der Waals surface area contributed by atoms with Gasteiger partial charge in [0.25, 0.3) is 5.91 Å². The minimum absolute atomic E-state index is 0.217. The quantitative estimate of drug-likeness (QED) is 0.628. The van der Waals surface area contributed by atoms with Crippen molar-refractivity contribution in [2.75, 3.05) is 6.54 Å². The number of nitrogens with zero attached hydrogens (tertiary/aromatic N) is 3. The number of rotatable bonds is 2. The van der Waals surface area contributed by atoms with Crippen molar-refractivity contribution >= 4 is 5.91 Å². The van der Waals surface area contributed by atoms with Gasteiger partial charge in [0.15, 0.2) is 0 Å². The maximum atomic E-state index is 11.0. The highest BCUT2D eigenvalue weighted by atomic mass is 16.2. The van der Waals surface area contributed by atoms with Crippen LogP contribution in [0.4, 0.5) is 0 Å². The first-order valence-electron chi connectivity index (χ1n) is 3.38. The zero-order valence-electron chi connectivity index (χ0n) is 6.53. The van der Waals surface area contributed by atoms with Gasteiger partial charge in [0.1, 0.15) is 6.33 Å². The highest BCUT2D eigenvalue weighted by Gasteiger charge is 2.07. The van der Waals surface area contributed by atoms with Crippen molar-refractivity contribution in [1.82, 2.24) is 20.1 Å². The van der Waals surface area contributed by atoms with Crippen LogP contribution in [0.5, 0.6) is 0 Å². The van der Waals surface area contributed by atoms with Gasteiger partial charge in [0.05, 0.1) is 0 Å². The highest BCUT2D eigenvalue weighted by molar-refractivity contribution is 5.90. The Bertz CT molecular complexity index is 255. The van der Waals surface area contributed by atoms with Crippen molar-refractivity contribution in [1.29, 1.82) is 0 Å². The van der Waals surface area contributed by atoms with Crippen molar-refractivity contribution in [3.05, 3.63) is 12.2 Å². The van der Waals surface area contributed by atoms with Crippen molar-refractivity contribution in [3.63, 3.8) is 0 Å². The second-order valence-corrected chi connectivity index (χ2v) is 2.10. The highest BCUT2D eigenvalue weighted by Crippen LogP contribution is 1.86. The molecule has 0 saturated heterocycles. The molecule has 1 rings (SSSR count). The second-order valence-electron chi connectivity index (χ2n) is 2.10. The van der Waals surface area contributed by atoms with Crippen molar-refractivity contribution in [2.45, 2.75) is 6.92 Å². The molecule has 0 unspecified atom stereocenters. The van der Waals surface area contributed by atoms with E-state index in [0.717, 1.165) is 0 Å². The van der Waals surface area contributed by atoms with Gasteiger partial charge >= 0.3 is 0 Å². The van der Waals surface area contributed by atoms with Crippen LogP contribution in [-0.4, -0.2) is 27.2 Å². The fourth-order valence-corrected chi connectivity index (χ4v) is 0.683. The maximum absolute atomic E-state index is 11.0. The van der Waals surface area contributed by atoms with E-state index in [1.807, 2.05) is 6.92 Å². The summed E-state index contributed by atoms with van der Waals surface area (Å²) in [5.41, 5.74) is 0. The molecule has 0 bridgehead atoms. The number of aromatic nitrogens is 3. The van der Waals surface area contributed by atoms with Crippen molar-refractivity contribution < 1.29 is 4.79 Å². The van der Waals surface area contributed by atoms with Crippen LogP contribution < -0.4 is 5.32 Å². The Morgan fingerprint density at radius 2 is 2.55 bits per heavy atom. The molecule has 1 aromatic rings. The van der Waals surface area contributed by atoms with E-state index < -0.39 is 0 Å². The summed E-state index contributed by atoms with van der Waals surface area (Å²) in [6.45, 7) is 2.44. The summed E-state index contributed by atoms with van der Waals surface area (Å²) in [4.78, 5) is 14.8. The topological polar surface area (TPSA) is 59.8 Å². The molecule has 0 saturated carbocycles. The molecule has 0 atom stereocenters. The largest absolute Gasteiger partial charge is 0.350 e. The summed E-state index contributed by atoms with van der Waals surface area (Å²) in [5.74, 6) is -0.0116. The molecule has 60 valence electrons. The minimum atomic E-state index is -0.229. The lowest BCUT2D eigenvalue weighted by Crippen LogP contribution is -2.24. The van der Waals surface area contributed by atoms with Gasteiger partial charge < -0.3 is 5.32 Å². The summed E-state index contributed by atoms with van der Waals surface area (Å²) in [6, 6.07) is 0. The van der Waals surface area contributed by atoms with E-state index in [4.69, 9.17) is 0 Å². The Morgan fingerprint density at radius 3 is 3.00 bits per heavy atom. The van der Waals surface area contributed by atoms with Crippen molar-refractivity contribution in [3.8, 4) is 0 Å². The molecule has 0 aliphatic rings. The number of hydrogen-bond donors (Lipinski definition) is 1. The van der Waals surface area contributed by atoms with E-state index >= 15 is 0 Å². The lowest BCUT2D eigenvalue weighted by Gasteiger charge is -1.94. The van der Waals surface area contributed by atoms with E-state index in [0.29, 0.717) is 6.54 Å². The summed E-state index contributed by atoms with van der Waals surface area (Å²) in [6.07, 6.45) is 1.49. The summed E-state index contributed by atoms with van der Waals surface area (Å²) in [7, 11) is 1.72. The van der Waals surface area contributed by atoms with Crippen LogP contribution >= 0.6 is 0 Å². The third kappa shape index (κ3) is 1.76. The molecule has 0 radical (unpaired) electrons. The predicted molar refractivity (Wildman–Crippen MR) is 39.0 cm³/mol. The fraction of sp³-hybridized carbons (Fsp3) is 0.500. The molecule has 0 aliphatic carbocycles. The molecular weight excluding hydrogens is 144 g/mol. The third-order valence-electron chi connectivity index (χ3n) is 1.14. The lowest BCUT2D eigenvalue weighted by atomic mass is 10.5. The van der Waals surface area contributed by atoms with Gasteiger partial charge in [-0.25, -0.2) is 4.98 Å². The molecule has 1 heterocycles. The molecule has 0 aromatic carbocycles. The second kappa shape index (κ2) is 3.14. The Morgan fingerprint density at radius 1 is 1.82 bits per heavy atom.